The summed E-state index contributed by atoms with van der Waals surface area (Å²) in [6, 6.07) is 9.26. The third-order valence-electron chi connectivity index (χ3n) is 4.01. The summed E-state index contributed by atoms with van der Waals surface area (Å²) in [5.41, 5.74) is 7.74. The summed E-state index contributed by atoms with van der Waals surface area (Å²) >= 11 is 3.48. The van der Waals surface area contributed by atoms with Crippen molar-refractivity contribution in [3.05, 3.63) is 34.3 Å². The largest absolute Gasteiger partial charge is 0.326 e. The van der Waals surface area contributed by atoms with Gasteiger partial charge in [-0.25, -0.2) is 0 Å². The van der Waals surface area contributed by atoms with Crippen LogP contribution in [-0.4, -0.2) is 24.0 Å². The average molecular weight is 327 g/mol. The van der Waals surface area contributed by atoms with Crippen molar-refractivity contribution in [2.75, 3.05) is 7.05 Å². The second-order valence-corrected chi connectivity index (χ2v) is 7.48. The lowest BCUT2D eigenvalue weighted by Gasteiger charge is -2.42. The maximum atomic E-state index is 6.24. The number of benzene rings is 1. The van der Waals surface area contributed by atoms with E-state index in [0.717, 1.165) is 4.47 Å². The molecule has 0 saturated carbocycles. The van der Waals surface area contributed by atoms with Gasteiger partial charge in [-0.05, 0) is 44.0 Å². The molecule has 0 aliphatic carbocycles. The van der Waals surface area contributed by atoms with Crippen molar-refractivity contribution in [3.8, 4) is 0 Å². The molecule has 0 saturated heterocycles. The normalized spacial score (nSPS) is 17.3. The quantitative estimate of drug-likeness (QED) is 0.898. The van der Waals surface area contributed by atoms with Crippen molar-refractivity contribution >= 4 is 15.9 Å². The molecule has 0 spiro atoms. The van der Waals surface area contributed by atoms with Gasteiger partial charge in [0.15, 0.2) is 0 Å². The third-order valence-corrected chi connectivity index (χ3v) is 4.54. The molecule has 0 aromatic heterocycles. The van der Waals surface area contributed by atoms with Crippen LogP contribution < -0.4 is 5.73 Å². The Labute approximate surface area is 126 Å². The summed E-state index contributed by atoms with van der Waals surface area (Å²) in [4.78, 5) is 2.40. The molecule has 3 heteroatoms. The van der Waals surface area contributed by atoms with E-state index in [0.29, 0.717) is 6.04 Å². The molecular formula is C16H27BrN2. The van der Waals surface area contributed by atoms with E-state index in [2.05, 4.69) is 86.8 Å². The van der Waals surface area contributed by atoms with Gasteiger partial charge in [-0.3, -0.25) is 4.90 Å². The fourth-order valence-electron chi connectivity index (χ4n) is 2.42. The van der Waals surface area contributed by atoms with Crippen LogP contribution in [0.1, 0.15) is 46.2 Å². The highest BCUT2D eigenvalue weighted by atomic mass is 79.9. The Morgan fingerprint density at radius 1 is 1.11 bits per heavy atom. The summed E-state index contributed by atoms with van der Waals surface area (Å²) in [5.74, 6) is 0. The molecule has 0 aliphatic heterocycles. The molecule has 19 heavy (non-hydrogen) atoms. The molecule has 1 aromatic carbocycles. The molecule has 2 N–H and O–H groups in total. The zero-order valence-corrected chi connectivity index (χ0v) is 14.5. The lowest BCUT2D eigenvalue weighted by molar-refractivity contribution is 0.0867. The summed E-state index contributed by atoms with van der Waals surface area (Å²) in [5, 5.41) is 0. The first-order chi connectivity index (χ1) is 8.64. The molecule has 0 bridgehead atoms. The smallest absolute Gasteiger partial charge is 0.0496 e. The molecule has 0 heterocycles. The summed E-state index contributed by atoms with van der Waals surface area (Å²) < 4.78 is 1.10. The van der Waals surface area contributed by atoms with E-state index in [-0.39, 0.29) is 17.5 Å². The molecule has 0 radical (unpaired) electrons. The van der Waals surface area contributed by atoms with Crippen LogP contribution in [0.3, 0.4) is 0 Å². The van der Waals surface area contributed by atoms with Crippen LogP contribution in [0.2, 0.25) is 0 Å². The zero-order valence-electron chi connectivity index (χ0n) is 12.9. The molecular weight excluding hydrogens is 300 g/mol. The number of halogens is 1. The molecule has 0 amide bonds. The van der Waals surface area contributed by atoms with E-state index in [1.54, 1.807) is 0 Å². The van der Waals surface area contributed by atoms with Gasteiger partial charge < -0.3 is 5.73 Å². The predicted molar refractivity (Wildman–Crippen MR) is 87.2 cm³/mol. The van der Waals surface area contributed by atoms with Crippen molar-refractivity contribution < 1.29 is 0 Å². The lowest BCUT2D eigenvalue weighted by atomic mass is 9.85. The van der Waals surface area contributed by atoms with E-state index >= 15 is 0 Å². The summed E-state index contributed by atoms with van der Waals surface area (Å²) in [6.07, 6.45) is 0. The Balaban J connectivity index is 3.04. The highest BCUT2D eigenvalue weighted by Crippen LogP contribution is 2.31. The van der Waals surface area contributed by atoms with Crippen LogP contribution in [-0.2, 0) is 0 Å². The lowest BCUT2D eigenvalue weighted by Crippen LogP contribution is -2.46. The first-order valence-electron chi connectivity index (χ1n) is 6.87. The van der Waals surface area contributed by atoms with Crippen LogP contribution in [0.25, 0.3) is 0 Å². The molecule has 1 rings (SSSR count). The Kier molecular flexibility index (Phi) is 5.60. The van der Waals surface area contributed by atoms with Crippen molar-refractivity contribution in [2.45, 2.75) is 52.7 Å². The third kappa shape index (κ3) is 4.30. The molecule has 2 nitrogen and oxygen atoms in total. The van der Waals surface area contributed by atoms with Gasteiger partial charge in [0.25, 0.3) is 0 Å². The maximum absolute atomic E-state index is 6.24. The van der Waals surface area contributed by atoms with E-state index < -0.39 is 0 Å². The van der Waals surface area contributed by atoms with Crippen LogP contribution in [0.15, 0.2) is 28.7 Å². The van der Waals surface area contributed by atoms with Crippen LogP contribution in [0.5, 0.6) is 0 Å². The Hall–Kier alpha value is -0.380. The average Bonchev–Trinajstić information content (AvgIpc) is 2.29. The minimum absolute atomic E-state index is 0.0935. The van der Waals surface area contributed by atoms with E-state index in [1.165, 1.54) is 5.56 Å². The summed E-state index contributed by atoms with van der Waals surface area (Å²) in [7, 11) is 2.17. The number of likely N-dealkylation sites (N-methyl/N-ethyl adjacent to an activating group) is 1. The highest BCUT2D eigenvalue weighted by molar-refractivity contribution is 9.10. The molecule has 0 fully saturated rings. The van der Waals surface area contributed by atoms with Gasteiger partial charge in [0.1, 0.15) is 0 Å². The number of nitrogens with two attached hydrogens (primary N) is 1. The second-order valence-electron chi connectivity index (χ2n) is 6.56. The van der Waals surface area contributed by atoms with Crippen molar-refractivity contribution in [1.29, 1.82) is 0 Å². The van der Waals surface area contributed by atoms with Gasteiger partial charge in [-0.15, -0.1) is 0 Å². The van der Waals surface area contributed by atoms with Gasteiger partial charge in [-0.1, -0.05) is 48.8 Å². The minimum atomic E-state index is 0.0935. The minimum Gasteiger partial charge on any atom is -0.326 e. The van der Waals surface area contributed by atoms with Crippen molar-refractivity contribution in [3.63, 3.8) is 0 Å². The summed E-state index contributed by atoms with van der Waals surface area (Å²) in [6.45, 7) is 11.2. The fraction of sp³-hybridized carbons (Fsp3) is 0.625. The maximum Gasteiger partial charge on any atom is 0.0496 e. The topological polar surface area (TPSA) is 29.3 Å². The standard InChI is InChI=1S/C16H27BrN2/c1-11(18)15(13-7-9-14(17)10-8-13)19(6)12(2)16(3,4)5/h7-12,15H,18H2,1-6H3. The number of hydrogen-bond donors (Lipinski definition) is 1. The van der Waals surface area contributed by atoms with Crippen LogP contribution in [0, 0.1) is 5.41 Å². The van der Waals surface area contributed by atoms with Gasteiger partial charge >= 0.3 is 0 Å². The van der Waals surface area contributed by atoms with E-state index in [4.69, 9.17) is 5.73 Å². The Bertz CT molecular complexity index is 392. The monoisotopic (exact) mass is 326 g/mol. The van der Waals surface area contributed by atoms with Gasteiger partial charge in [-0.2, -0.15) is 0 Å². The second kappa shape index (κ2) is 6.38. The van der Waals surface area contributed by atoms with Crippen LogP contribution in [0.4, 0.5) is 0 Å². The van der Waals surface area contributed by atoms with Gasteiger partial charge in [0.05, 0.1) is 0 Å². The SMILES string of the molecule is CC(N)C(c1ccc(Br)cc1)N(C)C(C)C(C)(C)C. The first kappa shape index (κ1) is 16.7. The van der Waals surface area contributed by atoms with Crippen molar-refractivity contribution in [1.82, 2.24) is 4.90 Å². The highest BCUT2D eigenvalue weighted by Gasteiger charge is 2.31. The van der Waals surface area contributed by atoms with E-state index in [9.17, 15) is 0 Å². The zero-order chi connectivity index (χ0) is 14.8. The van der Waals surface area contributed by atoms with Gasteiger partial charge in [0.2, 0.25) is 0 Å². The Morgan fingerprint density at radius 2 is 1.58 bits per heavy atom. The number of nitrogens with zero attached hydrogens (tertiary/aromatic N) is 1. The molecule has 3 unspecified atom stereocenters. The number of rotatable bonds is 4. The van der Waals surface area contributed by atoms with Crippen molar-refractivity contribution in [2.24, 2.45) is 11.1 Å². The Morgan fingerprint density at radius 3 is 1.95 bits per heavy atom. The molecule has 108 valence electrons. The molecule has 1 aromatic rings. The van der Waals surface area contributed by atoms with Crippen LogP contribution >= 0.6 is 15.9 Å². The number of hydrogen-bond acceptors (Lipinski definition) is 2. The predicted octanol–water partition coefficient (Wildman–Crippen LogP) is 4.20. The first-order valence-corrected chi connectivity index (χ1v) is 7.67. The molecule has 0 aliphatic rings. The van der Waals surface area contributed by atoms with Gasteiger partial charge in [0, 0.05) is 22.6 Å². The van der Waals surface area contributed by atoms with E-state index in [1.807, 2.05) is 0 Å². The fourth-order valence-corrected chi connectivity index (χ4v) is 2.69. The molecule has 3 atom stereocenters.